The maximum Gasteiger partial charge on any atom is 0.244 e. The van der Waals surface area contributed by atoms with Crippen molar-refractivity contribution < 1.29 is 14.3 Å². The highest BCUT2D eigenvalue weighted by atomic mass is 32.1. The van der Waals surface area contributed by atoms with Crippen LogP contribution < -0.4 is 14.8 Å². The van der Waals surface area contributed by atoms with E-state index in [4.69, 9.17) is 9.47 Å². The number of carbonyl (C=O) groups excluding carboxylic acids is 1. The SMILES string of the molecule is COc1ccc(/C=C/C(=O)NCc2csc(-c3cccnc3)n2)c(OC)c1. The van der Waals surface area contributed by atoms with Crippen molar-refractivity contribution in [3.63, 3.8) is 0 Å². The fourth-order valence-corrected chi connectivity index (χ4v) is 3.18. The van der Waals surface area contributed by atoms with Crippen molar-refractivity contribution in [1.82, 2.24) is 15.3 Å². The normalized spacial score (nSPS) is 10.7. The Balaban J connectivity index is 1.59. The van der Waals surface area contributed by atoms with Crippen LogP contribution in [0.25, 0.3) is 16.6 Å². The van der Waals surface area contributed by atoms with Gasteiger partial charge in [0.05, 0.1) is 26.5 Å². The van der Waals surface area contributed by atoms with Crippen molar-refractivity contribution in [2.24, 2.45) is 0 Å². The molecule has 0 radical (unpaired) electrons. The van der Waals surface area contributed by atoms with Gasteiger partial charge in [-0.25, -0.2) is 4.98 Å². The molecule has 3 aromatic rings. The highest BCUT2D eigenvalue weighted by Crippen LogP contribution is 2.25. The first-order chi connectivity index (χ1) is 13.2. The Morgan fingerprint density at radius 3 is 2.89 bits per heavy atom. The average Bonchev–Trinajstić information content (AvgIpc) is 3.20. The van der Waals surface area contributed by atoms with Crippen LogP contribution in [-0.4, -0.2) is 30.1 Å². The third kappa shape index (κ3) is 4.92. The summed E-state index contributed by atoms with van der Waals surface area (Å²) in [6, 6.07) is 9.25. The quantitative estimate of drug-likeness (QED) is 0.634. The summed E-state index contributed by atoms with van der Waals surface area (Å²) in [5, 5.41) is 5.64. The number of aromatic nitrogens is 2. The predicted molar refractivity (Wildman–Crippen MR) is 106 cm³/mol. The van der Waals surface area contributed by atoms with Crippen LogP contribution in [0.3, 0.4) is 0 Å². The van der Waals surface area contributed by atoms with Crippen LogP contribution in [0.5, 0.6) is 11.5 Å². The molecule has 1 N–H and O–H groups in total. The molecular weight excluding hydrogens is 362 g/mol. The molecular formula is C20H19N3O3S. The van der Waals surface area contributed by atoms with Gasteiger partial charge in [0.2, 0.25) is 5.91 Å². The number of carbonyl (C=O) groups is 1. The number of rotatable bonds is 7. The molecule has 0 saturated carbocycles. The molecule has 0 unspecified atom stereocenters. The highest BCUT2D eigenvalue weighted by molar-refractivity contribution is 7.13. The summed E-state index contributed by atoms with van der Waals surface area (Å²) in [4.78, 5) is 20.7. The Morgan fingerprint density at radius 2 is 2.15 bits per heavy atom. The molecule has 0 aliphatic rings. The van der Waals surface area contributed by atoms with E-state index in [1.54, 1.807) is 38.8 Å². The Hall–Kier alpha value is -3.19. The van der Waals surface area contributed by atoms with Gasteiger partial charge in [0.1, 0.15) is 16.5 Å². The third-order valence-corrected chi connectivity index (χ3v) is 4.70. The van der Waals surface area contributed by atoms with Crippen LogP contribution in [-0.2, 0) is 11.3 Å². The summed E-state index contributed by atoms with van der Waals surface area (Å²) in [7, 11) is 3.17. The largest absolute Gasteiger partial charge is 0.497 e. The first-order valence-electron chi connectivity index (χ1n) is 8.22. The van der Waals surface area contributed by atoms with Gasteiger partial charge in [-0.05, 0) is 30.3 Å². The number of ether oxygens (including phenoxy) is 2. The fraction of sp³-hybridized carbons (Fsp3) is 0.150. The first kappa shape index (κ1) is 18.6. The minimum absolute atomic E-state index is 0.205. The van der Waals surface area contributed by atoms with Crippen molar-refractivity contribution in [1.29, 1.82) is 0 Å². The van der Waals surface area contributed by atoms with Gasteiger partial charge < -0.3 is 14.8 Å². The topological polar surface area (TPSA) is 73.3 Å². The number of hydrogen-bond donors (Lipinski definition) is 1. The summed E-state index contributed by atoms with van der Waals surface area (Å²) >= 11 is 1.52. The molecule has 1 aromatic carbocycles. The second-order valence-electron chi connectivity index (χ2n) is 5.54. The second-order valence-corrected chi connectivity index (χ2v) is 6.40. The Kier molecular flexibility index (Phi) is 6.17. The third-order valence-electron chi connectivity index (χ3n) is 3.76. The summed E-state index contributed by atoms with van der Waals surface area (Å²) in [5.41, 5.74) is 2.56. The molecule has 2 aromatic heterocycles. The molecule has 0 saturated heterocycles. The van der Waals surface area contributed by atoms with Gasteiger partial charge in [0.25, 0.3) is 0 Å². The summed E-state index contributed by atoms with van der Waals surface area (Å²) < 4.78 is 10.5. The fourth-order valence-electron chi connectivity index (χ4n) is 2.37. The highest BCUT2D eigenvalue weighted by Gasteiger charge is 2.06. The van der Waals surface area contributed by atoms with Gasteiger partial charge in [-0.3, -0.25) is 9.78 Å². The molecule has 0 fully saturated rings. The standard InChI is InChI=1S/C20H19N3O3S/c1-25-17-7-5-14(18(10-17)26-2)6-8-19(24)22-12-16-13-27-20(23-16)15-4-3-9-21-11-15/h3-11,13H,12H2,1-2H3,(H,22,24)/b8-6+. The molecule has 0 aliphatic heterocycles. The lowest BCUT2D eigenvalue weighted by Gasteiger charge is -2.07. The van der Waals surface area contributed by atoms with E-state index in [1.165, 1.54) is 17.4 Å². The van der Waals surface area contributed by atoms with Crippen LogP contribution >= 0.6 is 11.3 Å². The van der Waals surface area contributed by atoms with Crippen molar-refractivity contribution >= 4 is 23.3 Å². The van der Waals surface area contributed by atoms with E-state index in [9.17, 15) is 4.79 Å². The zero-order valence-corrected chi connectivity index (χ0v) is 15.8. The number of amides is 1. The molecule has 3 rings (SSSR count). The summed E-state index contributed by atoms with van der Waals surface area (Å²) in [6.45, 7) is 0.361. The van der Waals surface area contributed by atoms with Crippen LogP contribution in [0.4, 0.5) is 0 Å². The smallest absolute Gasteiger partial charge is 0.244 e. The van der Waals surface area contributed by atoms with E-state index in [1.807, 2.05) is 29.6 Å². The maximum atomic E-state index is 12.1. The van der Waals surface area contributed by atoms with Gasteiger partial charge in [-0.15, -0.1) is 11.3 Å². The zero-order chi connectivity index (χ0) is 19.1. The van der Waals surface area contributed by atoms with Crippen LogP contribution in [0, 0.1) is 0 Å². The van der Waals surface area contributed by atoms with Crippen LogP contribution in [0.15, 0.2) is 54.2 Å². The van der Waals surface area contributed by atoms with E-state index in [-0.39, 0.29) is 5.91 Å². The number of nitrogens with zero attached hydrogens (tertiary/aromatic N) is 2. The van der Waals surface area contributed by atoms with Gasteiger partial charge in [-0.2, -0.15) is 0 Å². The Morgan fingerprint density at radius 1 is 1.26 bits per heavy atom. The number of thiazole rings is 1. The molecule has 6 nitrogen and oxygen atoms in total. The molecule has 0 spiro atoms. The van der Waals surface area contributed by atoms with E-state index in [0.29, 0.717) is 18.0 Å². The molecule has 138 valence electrons. The van der Waals surface area contributed by atoms with Crippen molar-refractivity contribution in [2.75, 3.05) is 14.2 Å². The molecule has 0 bridgehead atoms. The first-order valence-corrected chi connectivity index (χ1v) is 9.10. The van der Waals surface area contributed by atoms with E-state index in [2.05, 4.69) is 15.3 Å². The van der Waals surface area contributed by atoms with Gasteiger partial charge in [0, 0.05) is 41.0 Å². The number of benzene rings is 1. The Bertz CT molecular complexity index is 939. The van der Waals surface area contributed by atoms with E-state index >= 15 is 0 Å². The lowest BCUT2D eigenvalue weighted by Crippen LogP contribution is -2.20. The van der Waals surface area contributed by atoms with Crippen LogP contribution in [0.2, 0.25) is 0 Å². The lowest BCUT2D eigenvalue weighted by molar-refractivity contribution is -0.116. The van der Waals surface area contributed by atoms with E-state index in [0.717, 1.165) is 21.8 Å². The molecule has 0 aliphatic carbocycles. The number of nitrogens with one attached hydrogen (secondary N) is 1. The van der Waals surface area contributed by atoms with Crippen molar-refractivity contribution in [3.8, 4) is 22.1 Å². The minimum atomic E-state index is -0.205. The maximum absolute atomic E-state index is 12.1. The molecule has 1 amide bonds. The molecule has 2 heterocycles. The monoisotopic (exact) mass is 381 g/mol. The minimum Gasteiger partial charge on any atom is -0.497 e. The number of methoxy groups -OCH3 is 2. The zero-order valence-electron chi connectivity index (χ0n) is 15.0. The van der Waals surface area contributed by atoms with Gasteiger partial charge >= 0.3 is 0 Å². The Labute approximate surface area is 161 Å². The van der Waals surface area contributed by atoms with Gasteiger partial charge in [0.15, 0.2) is 0 Å². The summed E-state index contributed by atoms with van der Waals surface area (Å²) in [5.74, 6) is 1.13. The second kappa shape index (κ2) is 8.95. The molecule has 7 heteroatoms. The van der Waals surface area contributed by atoms with Crippen molar-refractivity contribution in [3.05, 3.63) is 65.4 Å². The number of pyridine rings is 1. The molecule has 0 atom stereocenters. The molecule has 27 heavy (non-hydrogen) atoms. The lowest BCUT2D eigenvalue weighted by atomic mass is 10.1. The predicted octanol–water partition coefficient (Wildman–Crippen LogP) is 3.55. The van der Waals surface area contributed by atoms with Crippen molar-refractivity contribution in [2.45, 2.75) is 6.54 Å². The van der Waals surface area contributed by atoms with Gasteiger partial charge in [-0.1, -0.05) is 0 Å². The summed E-state index contributed by atoms with van der Waals surface area (Å²) in [6.07, 6.45) is 6.67. The number of hydrogen-bond acceptors (Lipinski definition) is 6. The van der Waals surface area contributed by atoms with E-state index < -0.39 is 0 Å². The van der Waals surface area contributed by atoms with Crippen LogP contribution in [0.1, 0.15) is 11.3 Å². The average molecular weight is 381 g/mol.